The van der Waals surface area contributed by atoms with Gasteiger partial charge in [-0.3, -0.25) is 0 Å². The molecule has 0 aliphatic rings. The molecule has 0 bridgehead atoms. The smallest absolute Gasteiger partial charge is 0.234 e. The zero-order valence-corrected chi connectivity index (χ0v) is 10.7. The molecule has 0 amide bonds. The topological polar surface area (TPSA) is 85.1 Å². The molecule has 0 spiro atoms. The molecule has 0 aliphatic carbocycles. The van der Waals surface area contributed by atoms with E-state index in [1.54, 1.807) is 0 Å². The SMILES string of the molecule is CCNC(C)c1nnc(C(C)S(C)(=O)=O)o1. The van der Waals surface area contributed by atoms with E-state index in [4.69, 9.17) is 4.42 Å². The van der Waals surface area contributed by atoms with Crippen LogP contribution in [0.3, 0.4) is 0 Å². The molecule has 0 aliphatic heterocycles. The third-order valence-corrected chi connectivity index (χ3v) is 3.81. The van der Waals surface area contributed by atoms with Gasteiger partial charge in [-0.2, -0.15) is 0 Å². The second-order valence-corrected chi connectivity index (χ2v) is 6.10. The van der Waals surface area contributed by atoms with Crippen molar-refractivity contribution >= 4 is 9.84 Å². The molecule has 0 radical (unpaired) electrons. The van der Waals surface area contributed by atoms with Crippen LogP contribution in [-0.4, -0.2) is 31.4 Å². The van der Waals surface area contributed by atoms with E-state index in [-0.39, 0.29) is 11.9 Å². The van der Waals surface area contributed by atoms with Gasteiger partial charge in [0.15, 0.2) is 9.84 Å². The zero-order valence-electron chi connectivity index (χ0n) is 9.89. The van der Waals surface area contributed by atoms with Gasteiger partial charge in [-0.05, 0) is 20.4 Å². The van der Waals surface area contributed by atoms with E-state index >= 15 is 0 Å². The van der Waals surface area contributed by atoms with E-state index in [1.807, 2.05) is 13.8 Å². The highest BCUT2D eigenvalue weighted by atomic mass is 32.2. The Labute approximate surface area is 95.4 Å². The minimum Gasteiger partial charge on any atom is -0.422 e. The molecule has 1 N–H and O–H groups in total. The second-order valence-electron chi connectivity index (χ2n) is 3.73. The molecule has 7 heteroatoms. The lowest BCUT2D eigenvalue weighted by Crippen LogP contribution is -2.17. The summed E-state index contributed by atoms with van der Waals surface area (Å²) in [5.74, 6) is 0.551. The highest BCUT2D eigenvalue weighted by Gasteiger charge is 2.24. The van der Waals surface area contributed by atoms with Crippen molar-refractivity contribution in [3.8, 4) is 0 Å². The normalized spacial score (nSPS) is 16.0. The summed E-state index contributed by atoms with van der Waals surface area (Å²) in [7, 11) is -3.20. The molecule has 1 aromatic heterocycles. The van der Waals surface area contributed by atoms with Crippen LogP contribution in [0.2, 0.25) is 0 Å². The van der Waals surface area contributed by atoms with Crippen LogP contribution < -0.4 is 5.32 Å². The highest BCUT2D eigenvalue weighted by Crippen LogP contribution is 2.21. The Morgan fingerprint density at radius 3 is 2.38 bits per heavy atom. The number of nitrogens with zero attached hydrogens (tertiary/aromatic N) is 2. The molecule has 0 fully saturated rings. The summed E-state index contributed by atoms with van der Waals surface area (Å²) in [6.07, 6.45) is 1.15. The number of aromatic nitrogens is 2. The number of sulfone groups is 1. The maximum Gasteiger partial charge on any atom is 0.234 e. The monoisotopic (exact) mass is 247 g/mol. The summed E-state index contributed by atoms with van der Waals surface area (Å²) < 4.78 is 27.9. The maximum atomic E-state index is 11.3. The number of hydrogen-bond acceptors (Lipinski definition) is 6. The Morgan fingerprint density at radius 2 is 1.88 bits per heavy atom. The predicted octanol–water partition coefficient (Wildman–Crippen LogP) is 0.846. The Morgan fingerprint density at radius 1 is 1.31 bits per heavy atom. The van der Waals surface area contributed by atoms with E-state index in [9.17, 15) is 8.42 Å². The van der Waals surface area contributed by atoms with Crippen molar-refractivity contribution in [2.24, 2.45) is 0 Å². The first-order valence-electron chi connectivity index (χ1n) is 5.11. The molecular weight excluding hydrogens is 230 g/mol. The fourth-order valence-electron chi connectivity index (χ4n) is 1.16. The summed E-state index contributed by atoms with van der Waals surface area (Å²) in [5, 5.41) is 9.92. The van der Waals surface area contributed by atoms with Gasteiger partial charge >= 0.3 is 0 Å². The summed E-state index contributed by atoms with van der Waals surface area (Å²) in [6, 6.07) is -0.0713. The largest absolute Gasteiger partial charge is 0.422 e. The average molecular weight is 247 g/mol. The quantitative estimate of drug-likeness (QED) is 0.830. The molecule has 0 aromatic carbocycles. The molecule has 1 rings (SSSR count). The van der Waals surface area contributed by atoms with Crippen LogP contribution in [0.1, 0.15) is 43.8 Å². The molecule has 6 nitrogen and oxygen atoms in total. The van der Waals surface area contributed by atoms with Gasteiger partial charge < -0.3 is 9.73 Å². The first kappa shape index (κ1) is 13.1. The van der Waals surface area contributed by atoms with Crippen LogP contribution in [0.15, 0.2) is 4.42 Å². The molecule has 92 valence electrons. The molecule has 0 saturated heterocycles. The van der Waals surface area contributed by atoms with E-state index < -0.39 is 15.1 Å². The van der Waals surface area contributed by atoms with Gasteiger partial charge in [0, 0.05) is 6.26 Å². The molecule has 16 heavy (non-hydrogen) atoms. The van der Waals surface area contributed by atoms with Crippen molar-refractivity contribution < 1.29 is 12.8 Å². The van der Waals surface area contributed by atoms with E-state index in [0.717, 1.165) is 12.8 Å². The molecule has 0 saturated carbocycles. The van der Waals surface area contributed by atoms with Gasteiger partial charge in [0.05, 0.1) is 6.04 Å². The van der Waals surface area contributed by atoms with Crippen molar-refractivity contribution in [3.05, 3.63) is 11.8 Å². The van der Waals surface area contributed by atoms with E-state index in [1.165, 1.54) is 6.92 Å². The second kappa shape index (κ2) is 4.92. The van der Waals surface area contributed by atoms with Gasteiger partial charge in [0.2, 0.25) is 11.8 Å². The molecule has 2 atom stereocenters. The minimum atomic E-state index is -3.20. The lowest BCUT2D eigenvalue weighted by molar-refractivity contribution is 0.395. The van der Waals surface area contributed by atoms with Gasteiger partial charge in [-0.25, -0.2) is 8.42 Å². The molecule has 2 unspecified atom stereocenters. The third kappa shape index (κ3) is 3.02. The van der Waals surface area contributed by atoms with Crippen LogP contribution in [0, 0.1) is 0 Å². The first-order chi connectivity index (χ1) is 7.36. The van der Waals surface area contributed by atoms with Crippen LogP contribution in [0.5, 0.6) is 0 Å². The Kier molecular flexibility index (Phi) is 4.03. The van der Waals surface area contributed by atoms with Gasteiger partial charge in [-0.15, -0.1) is 10.2 Å². The van der Waals surface area contributed by atoms with Crippen molar-refractivity contribution in [1.82, 2.24) is 15.5 Å². The van der Waals surface area contributed by atoms with Crippen molar-refractivity contribution in [2.45, 2.75) is 32.1 Å². The number of rotatable bonds is 5. The summed E-state index contributed by atoms with van der Waals surface area (Å²) >= 11 is 0. The van der Waals surface area contributed by atoms with Gasteiger partial charge in [0.1, 0.15) is 5.25 Å². The summed E-state index contributed by atoms with van der Waals surface area (Å²) in [4.78, 5) is 0. The molecule has 1 heterocycles. The third-order valence-electron chi connectivity index (χ3n) is 2.33. The van der Waals surface area contributed by atoms with E-state index in [0.29, 0.717) is 5.89 Å². The highest BCUT2D eigenvalue weighted by molar-refractivity contribution is 7.90. The van der Waals surface area contributed by atoms with Gasteiger partial charge in [-0.1, -0.05) is 6.92 Å². The van der Waals surface area contributed by atoms with E-state index in [2.05, 4.69) is 15.5 Å². The Hall–Kier alpha value is -0.950. The Bertz CT molecular complexity index is 441. The number of nitrogens with one attached hydrogen (secondary N) is 1. The standard InChI is InChI=1S/C9H17N3O3S/c1-5-10-6(2)8-11-12-9(15-8)7(3)16(4,13)14/h6-7,10H,5H2,1-4H3. The van der Waals surface area contributed by atoms with Crippen molar-refractivity contribution in [1.29, 1.82) is 0 Å². The lowest BCUT2D eigenvalue weighted by Gasteiger charge is -2.06. The molecule has 1 aromatic rings. The minimum absolute atomic E-state index is 0.0713. The summed E-state index contributed by atoms with van der Waals surface area (Å²) in [5.41, 5.74) is 0. The fourth-order valence-corrected chi connectivity index (χ4v) is 1.62. The van der Waals surface area contributed by atoms with Crippen LogP contribution in [-0.2, 0) is 9.84 Å². The predicted molar refractivity (Wildman–Crippen MR) is 59.6 cm³/mol. The first-order valence-corrected chi connectivity index (χ1v) is 7.07. The van der Waals surface area contributed by atoms with Crippen LogP contribution >= 0.6 is 0 Å². The van der Waals surface area contributed by atoms with Gasteiger partial charge in [0.25, 0.3) is 0 Å². The summed E-state index contributed by atoms with van der Waals surface area (Å²) in [6.45, 7) is 6.16. The zero-order chi connectivity index (χ0) is 12.3. The van der Waals surface area contributed by atoms with Crippen molar-refractivity contribution in [2.75, 3.05) is 12.8 Å². The number of hydrogen-bond donors (Lipinski definition) is 1. The van der Waals surface area contributed by atoms with Crippen molar-refractivity contribution in [3.63, 3.8) is 0 Å². The maximum absolute atomic E-state index is 11.3. The van der Waals surface area contributed by atoms with Crippen LogP contribution in [0.4, 0.5) is 0 Å². The Balaban J connectivity index is 2.87. The van der Waals surface area contributed by atoms with Crippen LogP contribution in [0.25, 0.3) is 0 Å². The fraction of sp³-hybridized carbons (Fsp3) is 0.778. The average Bonchev–Trinajstić information content (AvgIpc) is 2.64. The molecular formula is C9H17N3O3S. The lowest BCUT2D eigenvalue weighted by atomic mass is 10.3.